The molecular formula is C26H28FN3O3. The molecule has 0 bridgehead atoms. The summed E-state index contributed by atoms with van der Waals surface area (Å²) in [6.45, 7) is 5.74. The molecule has 2 aromatic rings. The highest BCUT2D eigenvalue weighted by Gasteiger charge is 2.43. The van der Waals surface area contributed by atoms with E-state index in [4.69, 9.17) is 4.74 Å². The predicted octanol–water partition coefficient (Wildman–Crippen LogP) is 3.22. The van der Waals surface area contributed by atoms with Gasteiger partial charge in [-0.2, -0.15) is 0 Å². The molecule has 7 heteroatoms. The van der Waals surface area contributed by atoms with E-state index in [2.05, 4.69) is 30.0 Å². The summed E-state index contributed by atoms with van der Waals surface area (Å²) in [7, 11) is 0. The highest BCUT2D eigenvalue weighted by Crippen LogP contribution is 2.33. The number of nitrogens with zero attached hydrogens (tertiary/aromatic N) is 3. The number of amides is 2. The van der Waals surface area contributed by atoms with E-state index in [0.717, 1.165) is 31.6 Å². The lowest BCUT2D eigenvalue weighted by Gasteiger charge is -2.38. The molecular weight excluding hydrogens is 421 g/mol. The lowest BCUT2D eigenvalue weighted by Crippen LogP contribution is -2.48. The summed E-state index contributed by atoms with van der Waals surface area (Å²) in [5.41, 5.74) is 3.73. The molecule has 0 saturated carbocycles. The van der Waals surface area contributed by atoms with E-state index in [0.29, 0.717) is 36.5 Å². The average molecular weight is 450 g/mol. The highest BCUT2D eigenvalue weighted by atomic mass is 19.1. The first-order valence-electron chi connectivity index (χ1n) is 11.6. The molecule has 3 heterocycles. The van der Waals surface area contributed by atoms with Crippen LogP contribution in [-0.4, -0.2) is 67.0 Å². The molecule has 5 rings (SSSR count). The number of piperazine rings is 1. The molecule has 0 spiro atoms. The Bertz CT molecular complexity index is 1080. The standard InChI is InChI=1S/C26H28FN3O3/c1-18-4-2-5-21(16-18)28-11-13-29(14-12-28)24-23(19-7-9-20(27)10-8-19)25(31)30(26(24)32)17-22-6-3-15-33-22/h2,4-5,7-10,16,22H,3,6,11-15,17H2,1H3. The summed E-state index contributed by atoms with van der Waals surface area (Å²) in [5, 5.41) is 0. The Labute approximate surface area is 193 Å². The summed E-state index contributed by atoms with van der Waals surface area (Å²) < 4.78 is 19.3. The number of halogens is 1. The number of hydrogen-bond acceptors (Lipinski definition) is 5. The lowest BCUT2D eigenvalue weighted by atomic mass is 10.0. The van der Waals surface area contributed by atoms with Crippen LogP contribution in [0.1, 0.15) is 24.0 Å². The number of anilines is 1. The van der Waals surface area contributed by atoms with Gasteiger partial charge in [-0.1, -0.05) is 24.3 Å². The highest BCUT2D eigenvalue weighted by molar-refractivity contribution is 6.35. The number of carbonyl (C=O) groups excluding carboxylic acids is 2. The van der Waals surface area contributed by atoms with Crippen molar-refractivity contribution >= 4 is 23.1 Å². The Hall–Kier alpha value is -3.19. The molecule has 0 aliphatic carbocycles. The number of aryl methyl sites for hydroxylation is 1. The second-order valence-corrected chi connectivity index (χ2v) is 8.90. The van der Waals surface area contributed by atoms with Gasteiger partial charge in [0.15, 0.2) is 0 Å². The molecule has 0 radical (unpaired) electrons. The molecule has 3 aliphatic heterocycles. The summed E-state index contributed by atoms with van der Waals surface area (Å²) in [6.07, 6.45) is 1.66. The van der Waals surface area contributed by atoms with E-state index in [9.17, 15) is 14.0 Å². The Balaban J connectivity index is 1.42. The molecule has 2 aromatic carbocycles. The van der Waals surface area contributed by atoms with Crippen LogP contribution < -0.4 is 4.90 Å². The molecule has 3 aliphatic rings. The van der Waals surface area contributed by atoms with Crippen molar-refractivity contribution in [3.63, 3.8) is 0 Å². The van der Waals surface area contributed by atoms with Crippen LogP contribution in [0, 0.1) is 12.7 Å². The summed E-state index contributed by atoms with van der Waals surface area (Å²) in [5.74, 6) is -0.974. The van der Waals surface area contributed by atoms with Crippen molar-refractivity contribution in [2.75, 3.05) is 44.2 Å². The molecule has 1 unspecified atom stereocenters. The van der Waals surface area contributed by atoms with Crippen molar-refractivity contribution in [2.24, 2.45) is 0 Å². The first-order valence-corrected chi connectivity index (χ1v) is 11.6. The van der Waals surface area contributed by atoms with Crippen molar-refractivity contribution in [2.45, 2.75) is 25.9 Å². The lowest BCUT2D eigenvalue weighted by molar-refractivity contribution is -0.139. The molecule has 2 saturated heterocycles. The molecule has 0 aromatic heterocycles. The fourth-order valence-electron chi connectivity index (χ4n) is 4.90. The maximum atomic E-state index is 13.6. The minimum atomic E-state index is -0.374. The van der Waals surface area contributed by atoms with Crippen molar-refractivity contribution in [3.8, 4) is 0 Å². The Kier molecular flexibility index (Phi) is 5.89. The van der Waals surface area contributed by atoms with Crippen LogP contribution >= 0.6 is 0 Å². The zero-order valence-electron chi connectivity index (χ0n) is 18.8. The van der Waals surface area contributed by atoms with Crippen LogP contribution in [0.25, 0.3) is 5.57 Å². The van der Waals surface area contributed by atoms with Crippen LogP contribution in [-0.2, 0) is 14.3 Å². The van der Waals surface area contributed by atoms with E-state index in [1.165, 1.54) is 22.6 Å². The third-order valence-corrected chi connectivity index (χ3v) is 6.65. The SMILES string of the molecule is Cc1cccc(N2CCN(C3=C(c4ccc(F)cc4)C(=O)N(CC4CCCO4)C3=O)CC2)c1. The van der Waals surface area contributed by atoms with Gasteiger partial charge in [-0.25, -0.2) is 4.39 Å². The summed E-state index contributed by atoms with van der Waals surface area (Å²) in [6, 6.07) is 14.2. The zero-order chi connectivity index (χ0) is 22.9. The Morgan fingerprint density at radius 1 is 0.970 bits per heavy atom. The summed E-state index contributed by atoms with van der Waals surface area (Å²) >= 11 is 0. The third kappa shape index (κ3) is 4.25. The van der Waals surface area contributed by atoms with E-state index < -0.39 is 0 Å². The molecule has 172 valence electrons. The van der Waals surface area contributed by atoms with Gasteiger partial charge in [-0.15, -0.1) is 0 Å². The molecule has 33 heavy (non-hydrogen) atoms. The van der Waals surface area contributed by atoms with Gasteiger partial charge in [-0.3, -0.25) is 14.5 Å². The smallest absolute Gasteiger partial charge is 0.277 e. The first-order chi connectivity index (χ1) is 16.0. The van der Waals surface area contributed by atoms with E-state index in [1.807, 2.05) is 11.0 Å². The van der Waals surface area contributed by atoms with Crippen molar-refractivity contribution in [3.05, 3.63) is 71.2 Å². The maximum absolute atomic E-state index is 13.6. The van der Waals surface area contributed by atoms with Crippen molar-refractivity contribution in [1.29, 1.82) is 0 Å². The van der Waals surface area contributed by atoms with E-state index in [-0.39, 0.29) is 30.3 Å². The fourth-order valence-corrected chi connectivity index (χ4v) is 4.90. The predicted molar refractivity (Wildman–Crippen MR) is 124 cm³/mol. The monoisotopic (exact) mass is 449 g/mol. The van der Waals surface area contributed by atoms with Gasteiger partial charge < -0.3 is 14.5 Å². The molecule has 0 N–H and O–H groups in total. The molecule has 2 amide bonds. The van der Waals surface area contributed by atoms with Gasteiger partial charge >= 0.3 is 0 Å². The van der Waals surface area contributed by atoms with Gasteiger partial charge in [0.25, 0.3) is 11.8 Å². The van der Waals surface area contributed by atoms with Crippen LogP contribution in [0.4, 0.5) is 10.1 Å². The van der Waals surface area contributed by atoms with E-state index in [1.54, 1.807) is 12.1 Å². The van der Waals surface area contributed by atoms with Gasteiger partial charge in [0.1, 0.15) is 11.5 Å². The fraction of sp³-hybridized carbons (Fsp3) is 0.385. The minimum absolute atomic E-state index is 0.120. The van der Waals surface area contributed by atoms with Crippen LogP contribution in [0.5, 0.6) is 0 Å². The van der Waals surface area contributed by atoms with Crippen LogP contribution in [0.15, 0.2) is 54.2 Å². The first kappa shape index (κ1) is 21.6. The third-order valence-electron chi connectivity index (χ3n) is 6.65. The van der Waals surface area contributed by atoms with Gasteiger partial charge in [-0.05, 0) is 55.2 Å². The largest absolute Gasteiger partial charge is 0.376 e. The second kappa shape index (κ2) is 8.98. The maximum Gasteiger partial charge on any atom is 0.277 e. The van der Waals surface area contributed by atoms with Crippen LogP contribution in [0.3, 0.4) is 0 Å². The van der Waals surface area contributed by atoms with Crippen molar-refractivity contribution in [1.82, 2.24) is 9.80 Å². The van der Waals surface area contributed by atoms with Gasteiger partial charge in [0.2, 0.25) is 0 Å². The van der Waals surface area contributed by atoms with Crippen LogP contribution in [0.2, 0.25) is 0 Å². The average Bonchev–Trinajstić information content (AvgIpc) is 3.42. The normalized spacial score (nSPS) is 21.5. The molecule has 2 fully saturated rings. The number of ether oxygens (including phenoxy) is 1. The van der Waals surface area contributed by atoms with E-state index >= 15 is 0 Å². The van der Waals surface area contributed by atoms with Gasteiger partial charge in [0, 0.05) is 38.5 Å². The quantitative estimate of drug-likeness (QED) is 0.657. The zero-order valence-corrected chi connectivity index (χ0v) is 18.8. The summed E-state index contributed by atoms with van der Waals surface area (Å²) in [4.78, 5) is 32.6. The topological polar surface area (TPSA) is 53.1 Å². The number of hydrogen-bond donors (Lipinski definition) is 0. The minimum Gasteiger partial charge on any atom is -0.376 e. The molecule has 6 nitrogen and oxygen atoms in total. The molecule has 1 atom stereocenters. The number of carbonyl (C=O) groups is 2. The Morgan fingerprint density at radius 3 is 2.36 bits per heavy atom. The second-order valence-electron chi connectivity index (χ2n) is 8.90. The van der Waals surface area contributed by atoms with Crippen molar-refractivity contribution < 1.29 is 18.7 Å². The number of rotatable bonds is 5. The number of imide groups is 1. The number of benzene rings is 2. The van der Waals surface area contributed by atoms with Gasteiger partial charge in [0.05, 0.1) is 18.2 Å². The Morgan fingerprint density at radius 2 is 1.70 bits per heavy atom.